The number of benzene rings is 1. The summed E-state index contributed by atoms with van der Waals surface area (Å²) in [5, 5.41) is 5.69. The molecule has 10 heteroatoms. The molecule has 26 heavy (non-hydrogen) atoms. The highest BCUT2D eigenvalue weighted by atomic mass is 35.5. The molecule has 1 unspecified atom stereocenters. The summed E-state index contributed by atoms with van der Waals surface area (Å²) in [6.07, 6.45) is -2.09. The van der Waals surface area contributed by atoms with Gasteiger partial charge in [-0.1, -0.05) is 11.6 Å². The van der Waals surface area contributed by atoms with E-state index < -0.39 is 17.8 Å². The smallest absolute Gasteiger partial charge is 0.344 e. The maximum atomic E-state index is 12.8. The van der Waals surface area contributed by atoms with Gasteiger partial charge in [0.25, 0.3) is 0 Å². The van der Waals surface area contributed by atoms with Gasteiger partial charge in [0.15, 0.2) is 5.13 Å². The van der Waals surface area contributed by atoms with Gasteiger partial charge in [-0.05, 0) is 30.2 Å². The van der Waals surface area contributed by atoms with Crippen molar-refractivity contribution in [1.29, 1.82) is 0 Å². The van der Waals surface area contributed by atoms with Crippen LogP contribution in [0, 0.1) is 0 Å². The molecule has 1 aromatic carbocycles. The third-order valence-electron chi connectivity index (χ3n) is 3.83. The van der Waals surface area contributed by atoms with Crippen LogP contribution in [0.5, 0.6) is 0 Å². The number of nitrogens with one attached hydrogen (secondary N) is 2. The molecule has 1 aromatic heterocycles. The topological polar surface area (TPSA) is 71.1 Å². The summed E-state index contributed by atoms with van der Waals surface area (Å²) in [7, 11) is 0. The van der Waals surface area contributed by atoms with Gasteiger partial charge in [-0.15, -0.1) is 11.3 Å². The summed E-state index contributed by atoms with van der Waals surface area (Å²) in [5.41, 5.74) is -0.446. The summed E-state index contributed by atoms with van der Waals surface area (Å²) in [6, 6.07) is 2.56. The van der Waals surface area contributed by atoms with E-state index in [2.05, 4.69) is 15.6 Å². The van der Waals surface area contributed by atoms with E-state index >= 15 is 0 Å². The lowest BCUT2D eigenvalue weighted by molar-refractivity contribution is -0.137. The van der Waals surface area contributed by atoms with Crippen LogP contribution in [0.15, 0.2) is 24.4 Å². The number of alkyl halides is 3. The van der Waals surface area contributed by atoms with Gasteiger partial charge < -0.3 is 10.6 Å². The molecule has 2 amide bonds. The SMILES string of the molecule is O=C1CCC(C(=O)Nc2ncc(Cc3cc(C(F)(F)F)ccc3Cl)s2)N1. The van der Waals surface area contributed by atoms with Crippen LogP contribution in [0.1, 0.15) is 28.8 Å². The third-order valence-corrected chi connectivity index (χ3v) is 5.11. The molecule has 0 aliphatic carbocycles. The first-order valence-corrected chi connectivity index (χ1v) is 8.82. The molecule has 0 radical (unpaired) electrons. The third kappa shape index (κ3) is 4.34. The lowest BCUT2D eigenvalue weighted by Gasteiger charge is -2.10. The number of thiazole rings is 1. The predicted octanol–water partition coefficient (Wildman–Crippen LogP) is 3.62. The number of carbonyl (C=O) groups is 2. The molecule has 1 atom stereocenters. The van der Waals surface area contributed by atoms with Crippen LogP contribution in [0.4, 0.5) is 18.3 Å². The first-order chi connectivity index (χ1) is 12.2. The monoisotopic (exact) mass is 403 g/mol. The quantitative estimate of drug-likeness (QED) is 0.819. The Bertz CT molecular complexity index is 854. The number of rotatable bonds is 4. The Kier molecular flexibility index (Phi) is 5.19. The number of hydrogen-bond donors (Lipinski definition) is 2. The number of carbonyl (C=O) groups excluding carboxylic acids is 2. The Morgan fingerprint density at radius 2 is 2.19 bits per heavy atom. The van der Waals surface area contributed by atoms with Crippen molar-refractivity contribution < 1.29 is 22.8 Å². The summed E-state index contributed by atoms with van der Waals surface area (Å²) in [6.45, 7) is 0. The zero-order chi connectivity index (χ0) is 18.9. The second-order valence-corrected chi connectivity index (χ2v) is 7.28. The molecular formula is C16H13ClF3N3O2S. The number of halogens is 4. The second kappa shape index (κ2) is 7.24. The number of nitrogens with zero attached hydrogens (tertiary/aromatic N) is 1. The first-order valence-electron chi connectivity index (χ1n) is 7.63. The average Bonchev–Trinajstić information content (AvgIpc) is 3.17. The zero-order valence-corrected chi connectivity index (χ0v) is 14.8. The number of amides is 2. The highest BCUT2D eigenvalue weighted by Crippen LogP contribution is 2.33. The zero-order valence-electron chi connectivity index (χ0n) is 13.2. The Labute approximate surface area is 155 Å². The largest absolute Gasteiger partial charge is 0.416 e. The maximum Gasteiger partial charge on any atom is 0.416 e. The molecule has 0 saturated carbocycles. The van der Waals surface area contributed by atoms with E-state index in [-0.39, 0.29) is 23.3 Å². The minimum Gasteiger partial charge on any atom is -0.344 e. The molecule has 0 bridgehead atoms. The standard InChI is InChI=1S/C16H13ClF3N3O2S/c17-11-2-1-9(16(18,19)20)5-8(11)6-10-7-21-15(26-10)23-14(25)12-3-4-13(24)22-12/h1-2,5,7,12H,3-4,6H2,(H,22,24)(H,21,23,25). The molecular weight excluding hydrogens is 391 g/mol. The summed E-state index contributed by atoms with van der Waals surface area (Å²) >= 11 is 7.14. The van der Waals surface area contributed by atoms with Crippen molar-refractivity contribution in [2.24, 2.45) is 0 Å². The Morgan fingerprint density at radius 3 is 2.85 bits per heavy atom. The normalized spacial score (nSPS) is 17.2. The Hall–Kier alpha value is -2.13. The average molecular weight is 404 g/mol. The molecule has 1 aliphatic rings. The predicted molar refractivity (Wildman–Crippen MR) is 91.2 cm³/mol. The minimum atomic E-state index is -4.45. The van der Waals surface area contributed by atoms with Crippen molar-refractivity contribution >= 4 is 39.9 Å². The molecule has 0 spiro atoms. The highest BCUT2D eigenvalue weighted by molar-refractivity contribution is 7.15. The van der Waals surface area contributed by atoms with Gasteiger partial charge in [0, 0.05) is 28.9 Å². The van der Waals surface area contributed by atoms with Crippen molar-refractivity contribution in [3.63, 3.8) is 0 Å². The van der Waals surface area contributed by atoms with E-state index in [1.165, 1.54) is 12.3 Å². The van der Waals surface area contributed by atoms with Gasteiger partial charge in [-0.3, -0.25) is 9.59 Å². The highest BCUT2D eigenvalue weighted by Gasteiger charge is 2.31. The lowest BCUT2D eigenvalue weighted by Crippen LogP contribution is -2.37. The molecule has 2 aromatic rings. The van der Waals surface area contributed by atoms with E-state index in [1.807, 2.05) is 0 Å². The van der Waals surface area contributed by atoms with Crippen LogP contribution in [-0.2, 0) is 22.2 Å². The van der Waals surface area contributed by atoms with E-state index in [9.17, 15) is 22.8 Å². The van der Waals surface area contributed by atoms with Crippen LogP contribution in [0.25, 0.3) is 0 Å². The minimum absolute atomic E-state index is 0.163. The summed E-state index contributed by atoms with van der Waals surface area (Å²) < 4.78 is 38.5. The van der Waals surface area contributed by atoms with Crippen molar-refractivity contribution in [3.05, 3.63) is 45.4 Å². The fourth-order valence-corrected chi connectivity index (χ4v) is 3.55. The molecule has 1 aliphatic heterocycles. The summed E-state index contributed by atoms with van der Waals surface area (Å²) in [5.74, 6) is -0.544. The molecule has 3 rings (SSSR count). The molecule has 138 valence electrons. The van der Waals surface area contributed by atoms with Gasteiger partial charge in [-0.2, -0.15) is 13.2 Å². The van der Waals surface area contributed by atoms with Crippen LogP contribution >= 0.6 is 22.9 Å². The Balaban J connectivity index is 1.69. The van der Waals surface area contributed by atoms with Crippen molar-refractivity contribution in [1.82, 2.24) is 10.3 Å². The second-order valence-electron chi connectivity index (χ2n) is 5.76. The van der Waals surface area contributed by atoms with E-state index in [0.29, 0.717) is 28.4 Å². The molecule has 1 saturated heterocycles. The molecule has 2 heterocycles. The van der Waals surface area contributed by atoms with Crippen LogP contribution in [0.2, 0.25) is 5.02 Å². The van der Waals surface area contributed by atoms with Crippen molar-refractivity contribution in [2.45, 2.75) is 31.5 Å². The molecule has 1 fully saturated rings. The van der Waals surface area contributed by atoms with Crippen molar-refractivity contribution in [3.8, 4) is 0 Å². The lowest BCUT2D eigenvalue weighted by atomic mass is 10.1. The molecule has 5 nitrogen and oxygen atoms in total. The van der Waals surface area contributed by atoms with Crippen LogP contribution in [0.3, 0.4) is 0 Å². The van der Waals surface area contributed by atoms with Gasteiger partial charge >= 0.3 is 6.18 Å². The molecule has 2 N–H and O–H groups in total. The first kappa shape index (κ1) is 18.7. The maximum absolute atomic E-state index is 12.8. The van der Waals surface area contributed by atoms with Gasteiger partial charge in [0.2, 0.25) is 11.8 Å². The van der Waals surface area contributed by atoms with E-state index in [0.717, 1.165) is 23.5 Å². The number of aromatic nitrogens is 1. The summed E-state index contributed by atoms with van der Waals surface area (Å²) in [4.78, 5) is 27.9. The van der Waals surface area contributed by atoms with E-state index in [4.69, 9.17) is 11.6 Å². The number of anilines is 1. The fourth-order valence-electron chi connectivity index (χ4n) is 2.52. The fraction of sp³-hybridized carbons (Fsp3) is 0.312. The van der Waals surface area contributed by atoms with Gasteiger partial charge in [0.1, 0.15) is 6.04 Å². The van der Waals surface area contributed by atoms with Crippen LogP contribution < -0.4 is 10.6 Å². The van der Waals surface area contributed by atoms with Gasteiger partial charge in [0.05, 0.1) is 5.56 Å². The van der Waals surface area contributed by atoms with Crippen molar-refractivity contribution in [2.75, 3.05) is 5.32 Å². The Morgan fingerprint density at radius 1 is 1.42 bits per heavy atom. The van der Waals surface area contributed by atoms with Gasteiger partial charge in [-0.25, -0.2) is 4.98 Å². The van der Waals surface area contributed by atoms with E-state index in [1.54, 1.807) is 0 Å². The number of hydrogen-bond acceptors (Lipinski definition) is 4. The van der Waals surface area contributed by atoms with Crippen LogP contribution in [-0.4, -0.2) is 22.8 Å².